The predicted octanol–water partition coefficient (Wildman–Crippen LogP) is 16.9. The Kier molecular flexibility index (Phi) is 47.3. The first-order valence-corrected chi connectivity index (χ1v) is 26.0. The molecule has 0 rings (SSSR count). The van der Waals surface area contributed by atoms with Crippen LogP contribution in [0, 0.1) is 0 Å². The summed E-state index contributed by atoms with van der Waals surface area (Å²) in [5.74, 6) is -0.893. The zero-order valence-corrected chi connectivity index (χ0v) is 40.0. The minimum absolute atomic E-state index is 0.0789. The van der Waals surface area contributed by atoms with Crippen molar-refractivity contribution in [1.82, 2.24) is 0 Å². The van der Waals surface area contributed by atoms with E-state index in [1.807, 2.05) is 0 Å². The molecule has 60 heavy (non-hydrogen) atoms. The Morgan fingerprint density at radius 3 is 0.883 bits per heavy atom. The standard InChI is InChI=1S/C54H98O6/c1-4-7-10-13-16-19-22-25-26-27-28-30-32-35-38-41-44-47-53(56)59-50-51(49-58-52(55)46-43-40-37-34-31-24-21-18-15-12-9-6-3)60-54(57)48-45-42-39-36-33-29-23-20-17-14-11-8-5-2/h18,20-21,23,25-26,51H,4-17,19,22,24,27-50H2,1-3H3/b21-18-,23-20-,26-25-/t51-/m1/s1. The maximum atomic E-state index is 12.8. The van der Waals surface area contributed by atoms with Gasteiger partial charge in [0.05, 0.1) is 0 Å². The van der Waals surface area contributed by atoms with Crippen LogP contribution in [0.25, 0.3) is 0 Å². The SMILES string of the molecule is CCCCC/C=C\CCCCCCCC(=O)OC[C@H](COC(=O)CCCCCCCCC/C=C\CCCCCCCC)OC(=O)CCCCCCC/C=C\CCCCCC. The predicted molar refractivity (Wildman–Crippen MR) is 256 cm³/mol. The van der Waals surface area contributed by atoms with Crippen LogP contribution in [0.5, 0.6) is 0 Å². The van der Waals surface area contributed by atoms with E-state index in [0.29, 0.717) is 19.3 Å². The van der Waals surface area contributed by atoms with Crippen molar-refractivity contribution >= 4 is 17.9 Å². The number of esters is 3. The summed E-state index contributed by atoms with van der Waals surface area (Å²) in [5.41, 5.74) is 0. The van der Waals surface area contributed by atoms with E-state index >= 15 is 0 Å². The molecule has 6 nitrogen and oxygen atoms in total. The summed E-state index contributed by atoms with van der Waals surface area (Å²) in [6.45, 7) is 6.59. The van der Waals surface area contributed by atoms with Crippen molar-refractivity contribution in [1.29, 1.82) is 0 Å². The summed E-state index contributed by atoms with van der Waals surface area (Å²) in [6, 6.07) is 0. The molecule has 0 aromatic rings. The van der Waals surface area contributed by atoms with E-state index < -0.39 is 6.10 Å². The summed E-state index contributed by atoms with van der Waals surface area (Å²) in [5, 5.41) is 0. The topological polar surface area (TPSA) is 78.9 Å². The smallest absolute Gasteiger partial charge is 0.306 e. The molecule has 0 saturated heterocycles. The second-order valence-corrected chi connectivity index (χ2v) is 17.4. The van der Waals surface area contributed by atoms with Gasteiger partial charge in [-0.1, -0.05) is 192 Å². The van der Waals surface area contributed by atoms with Crippen LogP contribution < -0.4 is 0 Å². The summed E-state index contributed by atoms with van der Waals surface area (Å²) >= 11 is 0. The highest BCUT2D eigenvalue weighted by Gasteiger charge is 2.19. The van der Waals surface area contributed by atoms with Crippen LogP contribution in [-0.2, 0) is 28.6 Å². The lowest BCUT2D eigenvalue weighted by molar-refractivity contribution is -0.167. The summed E-state index contributed by atoms with van der Waals surface area (Å²) in [4.78, 5) is 37.9. The zero-order valence-electron chi connectivity index (χ0n) is 40.0. The van der Waals surface area contributed by atoms with Gasteiger partial charge >= 0.3 is 17.9 Å². The fourth-order valence-electron chi connectivity index (χ4n) is 7.37. The molecule has 350 valence electrons. The summed E-state index contributed by atoms with van der Waals surface area (Å²) in [6.07, 6.45) is 56.9. The van der Waals surface area contributed by atoms with Gasteiger partial charge in [0.1, 0.15) is 13.2 Å². The van der Waals surface area contributed by atoms with E-state index in [0.717, 1.165) is 77.0 Å². The van der Waals surface area contributed by atoms with Crippen molar-refractivity contribution in [3.8, 4) is 0 Å². The van der Waals surface area contributed by atoms with Crippen molar-refractivity contribution in [2.45, 2.75) is 277 Å². The first-order valence-electron chi connectivity index (χ1n) is 26.0. The Hall–Kier alpha value is -2.37. The molecular formula is C54H98O6. The van der Waals surface area contributed by atoms with Gasteiger partial charge in [0.2, 0.25) is 0 Å². The van der Waals surface area contributed by atoms with Crippen molar-refractivity contribution in [2.75, 3.05) is 13.2 Å². The molecule has 0 heterocycles. The van der Waals surface area contributed by atoms with E-state index in [2.05, 4.69) is 57.2 Å². The van der Waals surface area contributed by atoms with E-state index in [4.69, 9.17) is 14.2 Å². The third kappa shape index (κ3) is 46.7. The number of unbranched alkanes of at least 4 members (excludes halogenated alkanes) is 30. The molecule has 0 saturated carbocycles. The highest BCUT2D eigenvalue weighted by molar-refractivity contribution is 5.71. The molecular weight excluding hydrogens is 745 g/mol. The number of carbonyl (C=O) groups is 3. The minimum Gasteiger partial charge on any atom is -0.462 e. The molecule has 0 fully saturated rings. The van der Waals surface area contributed by atoms with Crippen LogP contribution in [0.2, 0.25) is 0 Å². The van der Waals surface area contributed by atoms with E-state index in [1.54, 1.807) is 0 Å². The molecule has 1 atom stereocenters. The molecule has 0 aliphatic rings. The quantitative estimate of drug-likeness (QED) is 0.0263. The van der Waals surface area contributed by atoms with Crippen molar-refractivity contribution in [3.05, 3.63) is 36.5 Å². The lowest BCUT2D eigenvalue weighted by Crippen LogP contribution is -2.30. The molecule has 0 amide bonds. The van der Waals surface area contributed by atoms with Gasteiger partial charge in [-0.3, -0.25) is 14.4 Å². The number of carbonyl (C=O) groups excluding carboxylic acids is 3. The fraction of sp³-hybridized carbons (Fsp3) is 0.833. The van der Waals surface area contributed by atoms with Crippen LogP contribution in [0.1, 0.15) is 271 Å². The first kappa shape index (κ1) is 57.6. The van der Waals surface area contributed by atoms with Gasteiger partial charge in [0.15, 0.2) is 6.10 Å². The first-order chi connectivity index (χ1) is 29.5. The van der Waals surface area contributed by atoms with Gasteiger partial charge < -0.3 is 14.2 Å². The van der Waals surface area contributed by atoms with Crippen molar-refractivity contribution in [3.63, 3.8) is 0 Å². The fourth-order valence-corrected chi connectivity index (χ4v) is 7.37. The monoisotopic (exact) mass is 843 g/mol. The normalized spacial score (nSPS) is 12.2. The average molecular weight is 843 g/mol. The molecule has 0 N–H and O–H groups in total. The lowest BCUT2D eigenvalue weighted by atomic mass is 10.1. The van der Waals surface area contributed by atoms with Gasteiger partial charge in [-0.05, 0) is 96.3 Å². The van der Waals surface area contributed by atoms with Crippen LogP contribution >= 0.6 is 0 Å². The van der Waals surface area contributed by atoms with Gasteiger partial charge in [-0.25, -0.2) is 0 Å². The van der Waals surface area contributed by atoms with Gasteiger partial charge in [-0.15, -0.1) is 0 Å². The molecule has 0 unspecified atom stereocenters. The van der Waals surface area contributed by atoms with E-state index in [1.165, 1.54) is 154 Å². The Balaban J connectivity index is 4.36. The van der Waals surface area contributed by atoms with Gasteiger partial charge in [0, 0.05) is 19.3 Å². The van der Waals surface area contributed by atoms with Crippen molar-refractivity contribution < 1.29 is 28.6 Å². The summed E-state index contributed by atoms with van der Waals surface area (Å²) in [7, 11) is 0. The summed E-state index contributed by atoms with van der Waals surface area (Å²) < 4.78 is 16.8. The Bertz CT molecular complexity index is 1020. The van der Waals surface area contributed by atoms with Gasteiger partial charge in [0.25, 0.3) is 0 Å². The Labute approximate surface area is 372 Å². The Morgan fingerprint density at radius 1 is 0.317 bits per heavy atom. The molecule has 0 aliphatic heterocycles. The number of allylic oxidation sites excluding steroid dienone is 6. The molecule has 0 aliphatic carbocycles. The van der Waals surface area contributed by atoms with E-state index in [9.17, 15) is 14.4 Å². The Morgan fingerprint density at radius 2 is 0.550 bits per heavy atom. The highest BCUT2D eigenvalue weighted by Crippen LogP contribution is 2.14. The maximum absolute atomic E-state index is 12.8. The van der Waals surface area contributed by atoms with Crippen molar-refractivity contribution in [2.24, 2.45) is 0 Å². The average Bonchev–Trinajstić information content (AvgIpc) is 3.24. The van der Waals surface area contributed by atoms with Gasteiger partial charge in [-0.2, -0.15) is 0 Å². The molecule has 0 spiro atoms. The number of hydrogen-bond donors (Lipinski definition) is 0. The van der Waals surface area contributed by atoms with Crippen LogP contribution in [0.3, 0.4) is 0 Å². The number of ether oxygens (including phenoxy) is 3. The second kappa shape index (κ2) is 49.3. The highest BCUT2D eigenvalue weighted by atomic mass is 16.6. The molecule has 0 bridgehead atoms. The van der Waals surface area contributed by atoms with Crippen LogP contribution in [-0.4, -0.2) is 37.2 Å². The molecule has 0 aromatic carbocycles. The van der Waals surface area contributed by atoms with Crippen LogP contribution in [0.15, 0.2) is 36.5 Å². The zero-order chi connectivity index (χ0) is 43.7. The van der Waals surface area contributed by atoms with E-state index in [-0.39, 0.29) is 31.1 Å². The molecule has 0 aromatic heterocycles. The number of rotatable bonds is 47. The number of hydrogen-bond acceptors (Lipinski definition) is 6. The van der Waals surface area contributed by atoms with Crippen LogP contribution in [0.4, 0.5) is 0 Å². The third-order valence-corrected chi connectivity index (χ3v) is 11.3. The lowest BCUT2D eigenvalue weighted by Gasteiger charge is -2.18. The maximum Gasteiger partial charge on any atom is 0.306 e. The minimum atomic E-state index is -0.778. The largest absolute Gasteiger partial charge is 0.462 e. The second-order valence-electron chi connectivity index (χ2n) is 17.4. The third-order valence-electron chi connectivity index (χ3n) is 11.3. The molecule has 0 radical (unpaired) electrons. The molecule has 6 heteroatoms.